The van der Waals surface area contributed by atoms with Gasteiger partial charge in [0.05, 0.1) is 5.66 Å². The van der Waals surface area contributed by atoms with Crippen LogP contribution in [-0.2, 0) is 4.79 Å². The molecule has 0 saturated carbocycles. The molecule has 0 rings (SSSR count). The van der Waals surface area contributed by atoms with Crippen molar-refractivity contribution in [2.24, 2.45) is 17.2 Å². The van der Waals surface area contributed by atoms with Crippen molar-refractivity contribution < 1.29 is 4.79 Å². The van der Waals surface area contributed by atoms with Gasteiger partial charge in [-0.3, -0.25) is 4.79 Å². The standard InChI is InChI=1S/C6H15N3O/c1-6(8,9)4-2-3-5(7)10/h2-4,8-9H2,1H3,(H2,7,10). The molecule has 4 nitrogen and oxygen atoms in total. The normalized spacial score (nSPS) is 11.5. The molecule has 0 atom stereocenters. The van der Waals surface area contributed by atoms with Crippen molar-refractivity contribution in [1.82, 2.24) is 0 Å². The number of hydrogen-bond acceptors (Lipinski definition) is 3. The molecule has 1 amide bonds. The summed E-state index contributed by atoms with van der Waals surface area (Å²) in [5, 5.41) is 0. The Labute approximate surface area is 60.7 Å². The molecule has 60 valence electrons. The van der Waals surface area contributed by atoms with Crippen molar-refractivity contribution in [3.63, 3.8) is 0 Å². The lowest BCUT2D eigenvalue weighted by Gasteiger charge is -2.17. The molecule has 0 heterocycles. The first-order chi connectivity index (χ1) is 4.42. The third kappa shape index (κ3) is 7.39. The molecule has 0 radical (unpaired) electrons. The Balaban J connectivity index is 3.29. The molecule has 4 heteroatoms. The number of primary amides is 1. The average molecular weight is 145 g/mol. The van der Waals surface area contributed by atoms with Crippen LogP contribution in [0.2, 0.25) is 0 Å². The number of carbonyl (C=O) groups is 1. The number of hydrogen-bond donors (Lipinski definition) is 3. The maximum Gasteiger partial charge on any atom is 0.217 e. The van der Waals surface area contributed by atoms with E-state index in [4.69, 9.17) is 17.2 Å². The van der Waals surface area contributed by atoms with Crippen LogP contribution in [0.1, 0.15) is 26.2 Å². The van der Waals surface area contributed by atoms with Crippen molar-refractivity contribution in [3.05, 3.63) is 0 Å². The van der Waals surface area contributed by atoms with E-state index in [1.165, 1.54) is 0 Å². The van der Waals surface area contributed by atoms with E-state index >= 15 is 0 Å². The first-order valence-electron chi connectivity index (χ1n) is 3.28. The van der Waals surface area contributed by atoms with Gasteiger partial charge in [-0.15, -0.1) is 0 Å². The highest BCUT2D eigenvalue weighted by Crippen LogP contribution is 2.02. The van der Waals surface area contributed by atoms with Crippen LogP contribution in [0.15, 0.2) is 0 Å². The van der Waals surface area contributed by atoms with Gasteiger partial charge in [-0.1, -0.05) is 0 Å². The average Bonchev–Trinajstić information content (AvgIpc) is 1.59. The van der Waals surface area contributed by atoms with Gasteiger partial charge in [0.15, 0.2) is 0 Å². The van der Waals surface area contributed by atoms with Crippen molar-refractivity contribution >= 4 is 5.91 Å². The van der Waals surface area contributed by atoms with Gasteiger partial charge >= 0.3 is 0 Å². The van der Waals surface area contributed by atoms with E-state index in [9.17, 15) is 4.79 Å². The van der Waals surface area contributed by atoms with E-state index in [1.54, 1.807) is 6.92 Å². The van der Waals surface area contributed by atoms with Gasteiger partial charge in [0.1, 0.15) is 0 Å². The van der Waals surface area contributed by atoms with Gasteiger partial charge in [0.2, 0.25) is 5.91 Å². The topological polar surface area (TPSA) is 95.1 Å². The van der Waals surface area contributed by atoms with Gasteiger partial charge in [0.25, 0.3) is 0 Å². The van der Waals surface area contributed by atoms with Gasteiger partial charge in [-0.25, -0.2) is 0 Å². The summed E-state index contributed by atoms with van der Waals surface area (Å²) in [6.45, 7) is 1.72. The molecule has 0 aromatic heterocycles. The summed E-state index contributed by atoms with van der Waals surface area (Å²) in [7, 11) is 0. The van der Waals surface area contributed by atoms with Crippen molar-refractivity contribution in [2.45, 2.75) is 31.8 Å². The SMILES string of the molecule is CC(N)(N)CCCC(N)=O. The minimum atomic E-state index is -0.671. The van der Waals surface area contributed by atoms with Gasteiger partial charge < -0.3 is 17.2 Å². The van der Waals surface area contributed by atoms with Gasteiger partial charge in [0, 0.05) is 6.42 Å². The smallest absolute Gasteiger partial charge is 0.217 e. The van der Waals surface area contributed by atoms with Crippen molar-refractivity contribution in [3.8, 4) is 0 Å². The summed E-state index contributed by atoms with van der Waals surface area (Å²) in [5.41, 5.74) is 15.1. The Kier molecular flexibility index (Phi) is 3.32. The number of amides is 1. The van der Waals surface area contributed by atoms with Crippen molar-refractivity contribution in [2.75, 3.05) is 0 Å². The lowest BCUT2D eigenvalue weighted by molar-refractivity contribution is -0.118. The molecule has 0 fully saturated rings. The van der Waals surface area contributed by atoms with Crippen LogP contribution in [0.5, 0.6) is 0 Å². The highest BCUT2D eigenvalue weighted by atomic mass is 16.1. The molecule has 0 aromatic rings. The van der Waals surface area contributed by atoms with E-state index in [2.05, 4.69) is 0 Å². The summed E-state index contributed by atoms with van der Waals surface area (Å²) in [6, 6.07) is 0. The molecule has 6 N–H and O–H groups in total. The molecule has 0 saturated heterocycles. The van der Waals surface area contributed by atoms with E-state index in [0.29, 0.717) is 19.3 Å². The van der Waals surface area contributed by atoms with E-state index < -0.39 is 5.66 Å². The summed E-state index contributed by atoms with van der Waals surface area (Å²) in [5.74, 6) is -0.302. The highest BCUT2D eigenvalue weighted by Gasteiger charge is 2.10. The molecule has 0 aliphatic heterocycles. The predicted octanol–water partition coefficient (Wildman–Crippen LogP) is -0.724. The zero-order valence-corrected chi connectivity index (χ0v) is 6.26. The molecule has 0 spiro atoms. The second kappa shape index (κ2) is 3.53. The molecule has 0 unspecified atom stereocenters. The monoisotopic (exact) mass is 145 g/mol. The summed E-state index contributed by atoms with van der Waals surface area (Å²) in [4.78, 5) is 10.2. The van der Waals surface area contributed by atoms with Crippen LogP contribution >= 0.6 is 0 Å². The zero-order chi connectivity index (χ0) is 8.20. The zero-order valence-electron chi connectivity index (χ0n) is 6.26. The minimum Gasteiger partial charge on any atom is -0.370 e. The summed E-state index contributed by atoms with van der Waals surface area (Å²) < 4.78 is 0. The molecule has 0 aromatic carbocycles. The fourth-order valence-electron chi connectivity index (χ4n) is 0.644. The third-order valence-corrected chi connectivity index (χ3v) is 1.14. The Bertz CT molecular complexity index is 117. The lowest BCUT2D eigenvalue weighted by atomic mass is 10.1. The highest BCUT2D eigenvalue weighted by molar-refractivity contribution is 5.73. The van der Waals surface area contributed by atoms with E-state index in [0.717, 1.165) is 0 Å². The number of nitrogens with two attached hydrogens (primary N) is 3. The maximum absolute atomic E-state index is 10.2. The quantitative estimate of drug-likeness (QED) is 0.455. The van der Waals surface area contributed by atoms with Crippen LogP contribution in [0.3, 0.4) is 0 Å². The Morgan fingerprint density at radius 3 is 2.30 bits per heavy atom. The Morgan fingerprint density at radius 1 is 1.50 bits per heavy atom. The fraction of sp³-hybridized carbons (Fsp3) is 0.833. The van der Waals surface area contributed by atoms with Crippen LogP contribution in [0.25, 0.3) is 0 Å². The molecular weight excluding hydrogens is 130 g/mol. The summed E-state index contributed by atoms with van der Waals surface area (Å²) in [6.07, 6.45) is 1.65. The second-order valence-corrected chi connectivity index (χ2v) is 2.83. The number of carbonyl (C=O) groups excluding carboxylic acids is 1. The molecular formula is C6H15N3O. The summed E-state index contributed by atoms with van der Waals surface area (Å²) >= 11 is 0. The molecule has 0 aliphatic carbocycles. The second-order valence-electron chi connectivity index (χ2n) is 2.83. The van der Waals surface area contributed by atoms with Crippen LogP contribution in [0.4, 0.5) is 0 Å². The maximum atomic E-state index is 10.2. The molecule has 0 aliphatic rings. The number of rotatable bonds is 4. The van der Waals surface area contributed by atoms with Crippen molar-refractivity contribution in [1.29, 1.82) is 0 Å². The van der Waals surface area contributed by atoms with E-state index in [-0.39, 0.29) is 5.91 Å². The molecule has 0 bridgehead atoms. The predicted molar refractivity (Wildman–Crippen MR) is 39.8 cm³/mol. The third-order valence-electron chi connectivity index (χ3n) is 1.14. The van der Waals surface area contributed by atoms with E-state index in [1.807, 2.05) is 0 Å². The lowest BCUT2D eigenvalue weighted by Crippen LogP contribution is -2.45. The molecule has 10 heavy (non-hydrogen) atoms. The van der Waals surface area contributed by atoms with Crippen LogP contribution in [-0.4, -0.2) is 11.6 Å². The van der Waals surface area contributed by atoms with Crippen LogP contribution < -0.4 is 17.2 Å². The van der Waals surface area contributed by atoms with Gasteiger partial charge in [-0.05, 0) is 19.8 Å². The van der Waals surface area contributed by atoms with Crippen LogP contribution in [0, 0.1) is 0 Å². The largest absolute Gasteiger partial charge is 0.370 e. The first-order valence-corrected chi connectivity index (χ1v) is 3.28. The van der Waals surface area contributed by atoms with Gasteiger partial charge in [-0.2, -0.15) is 0 Å². The first kappa shape index (κ1) is 9.39. The Hall–Kier alpha value is -0.610. The Morgan fingerprint density at radius 2 is 2.00 bits per heavy atom. The fourth-order valence-corrected chi connectivity index (χ4v) is 0.644. The minimum absolute atomic E-state index is 0.302.